The Morgan fingerprint density at radius 1 is 0.256 bits per heavy atom. The molecule has 10 unspecified atom stereocenters. The largest absolute Gasteiger partial charge is 0.314 e. The van der Waals surface area contributed by atoms with Crippen LogP contribution in [0.15, 0.2) is 0 Å². The molecule has 0 amide bonds. The Hall–Kier alpha value is -0.440. The molecular weight excluding hydrogens is 959 g/mol. The van der Waals surface area contributed by atoms with E-state index in [1.807, 2.05) is 0 Å². The lowest BCUT2D eigenvalue weighted by molar-refractivity contribution is 0.0673. The second-order valence-corrected chi connectivity index (χ2v) is 30.5. The topological polar surface area (TPSA) is 53.2 Å². The number of fused-ring (bicyclic) bond motifs is 17. The normalized spacial score (nSPS) is 44.4. The van der Waals surface area contributed by atoms with E-state index < -0.39 is 0 Å². The number of nitrogens with one attached hydrogen (secondary N) is 2. The molecule has 0 aromatic rings. The Kier molecular flexibility index (Phi) is 22.6. The molecule has 14 aliphatic heterocycles. The standard InChI is InChI=1S/C9H17N.2C8H15N.2C7H14N2.4C7H13N/c1-10-8-4-2-5-9(10)7-3-6-8;1-9-5-7-3-2-4-8(7)6-9;1-9-7-3-2-4-8(9)6-5-7;1-9-4-6-2-3-7(5-9)8-6;1-9-6-2-3-7(9)5-8-4-6;3*1-8-5-6-2-3-7(8)4-6;1-8-6-2-3-7(8)5-4-6/h8-9H,2-7H2,1H3;2*7-8H,2-6H2,1H3;2*6-8H,2-5H2,1H3;4*6-7H,2-5H2,1H3/t;;;;;2*6-,7+;;/m.....00../s1. The van der Waals surface area contributed by atoms with E-state index in [9.17, 15) is 0 Å². The van der Waals surface area contributed by atoms with Gasteiger partial charge >= 0.3 is 0 Å². The maximum absolute atomic E-state index is 3.58. The van der Waals surface area contributed by atoms with Gasteiger partial charge in [-0.05, 0) is 266 Å². The first-order chi connectivity index (χ1) is 37.8. The molecular formula is C67H127N11. The maximum Gasteiger partial charge on any atom is 0.0221 e. The van der Waals surface area contributed by atoms with Crippen molar-refractivity contribution in [2.45, 2.75) is 278 Å². The van der Waals surface area contributed by atoms with Crippen molar-refractivity contribution in [1.82, 2.24) is 54.7 Å². The highest BCUT2D eigenvalue weighted by Crippen LogP contribution is 2.40. The summed E-state index contributed by atoms with van der Waals surface area (Å²) in [6.07, 6.45) is 45.7. The quantitative estimate of drug-likeness (QED) is 0.244. The molecule has 14 atom stereocenters. The highest BCUT2D eigenvalue weighted by molar-refractivity contribution is 4.96. The summed E-state index contributed by atoms with van der Waals surface area (Å²) in [7, 11) is 20.4. The minimum atomic E-state index is 0.814. The van der Waals surface area contributed by atoms with Crippen LogP contribution in [0.4, 0.5) is 0 Å². The zero-order valence-electron chi connectivity index (χ0n) is 52.7. The van der Waals surface area contributed by atoms with Gasteiger partial charge in [-0.25, -0.2) is 0 Å². The Labute approximate surface area is 482 Å². The molecule has 0 spiro atoms. The third-order valence-electron chi connectivity index (χ3n) is 25.3. The van der Waals surface area contributed by atoms with Crippen molar-refractivity contribution in [2.24, 2.45) is 29.6 Å². The molecule has 4 saturated carbocycles. The first-order valence-electron chi connectivity index (χ1n) is 34.6. The van der Waals surface area contributed by atoms with E-state index in [1.165, 1.54) is 258 Å². The minimum absolute atomic E-state index is 0.814. The highest BCUT2D eigenvalue weighted by atomic mass is 15.3. The van der Waals surface area contributed by atoms with Crippen LogP contribution in [0.25, 0.3) is 0 Å². The third-order valence-corrected chi connectivity index (χ3v) is 25.3. The fourth-order valence-electron chi connectivity index (χ4n) is 20.1. The maximum atomic E-state index is 3.58. The minimum Gasteiger partial charge on any atom is -0.314 e. The van der Waals surface area contributed by atoms with Crippen LogP contribution in [0.2, 0.25) is 0 Å². The molecule has 78 heavy (non-hydrogen) atoms. The van der Waals surface area contributed by atoms with E-state index in [2.05, 4.69) is 118 Å². The fraction of sp³-hybridized carbons (Fsp3) is 1.00. The van der Waals surface area contributed by atoms with Gasteiger partial charge in [0, 0.05) is 137 Å². The lowest BCUT2D eigenvalue weighted by Crippen LogP contribution is -2.49. The first kappa shape index (κ1) is 60.7. The summed E-state index contributed by atoms with van der Waals surface area (Å²) in [5.41, 5.74) is 0. The zero-order chi connectivity index (χ0) is 54.3. The van der Waals surface area contributed by atoms with E-state index in [1.54, 1.807) is 0 Å². The Morgan fingerprint density at radius 3 is 0.808 bits per heavy atom. The van der Waals surface area contributed by atoms with Crippen molar-refractivity contribution >= 4 is 0 Å². The molecule has 11 nitrogen and oxygen atoms in total. The number of rotatable bonds is 0. The molecule has 14 saturated heterocycles. The molecule has 450 valence electrons. The Morgan fingerprint density at radius 2 is 0.538 bits per heavy atom. The monoisotopic (exact) mass is 1090 g/mol. The van der Waals surface area contributed by atoms with Gasteiger partial charge in [0.1, 0.15) is 0 Å². The van der Waals surface area contributed by atoms with Crippen LogP contribution in [-0.4, -0.2) is 245 Å². The molecule has 2 N–H and O–H groups in total. The molecule has 4 aliphatic carbocycles. The number of piperazine rings is 2. The zero-order valence-corrected chi connectivity index (χ0v) is 52.7. The van der Waals surface area contributed by atoms with E-state index in [0.29, 0.717) is 0 Å². The van der Waals surface area contributed by atoms with Crippen LogP contribution in [0.1, 0.15) is 199 Å². The summed E-state index contributed by atoms with van der Waals surface area (Å²) in [5.74, 6) is 5.38. The van der Waals surface area contributed by atoms with Crippen LogP contribution in [0.5, 0.6) is 0 Å². The average molecular weight is 1090 g/mol. The van der Waals surface area contributed by atoms with Gasteiger partial charge in [-0.1, -0.05) is 25.7 Å². The number of nitrogens with zero attached hydrogens (tertiary/aromatic N) is 9. The van der Waals surface area contributed by atoms with E-state index in [-0.39, 0.29) is 0 Å². The van der Waals surface area contributed by atoms with Crippen molar-refractivity contribution in [3.63, 3.8) is 0 Å². The molecule has 18 aliphatic rings. The van der Waals surface area contributed by atoms with Crippen LogP contribution in [0, 0.1) is 29.6 Å². The van der Waals surface area contributed by atoms with E-state index in [4.69, 9.17) is 0 Å². The number of likely N-dealkylation sites (tertiary alicyclic amines) is 5. The summed E-state index contributed by atoms with van der Waals surface area (Å²) < 4.78 is 0. The van der Waals surface area contributed by atoms with Gasteiger partial charge in [0.15, 0.2) is 0 Å². The van der Waals surface area contributed by atoms with Gasteiger partial charge in [0.2, 0.25) is 0 Å². The summed E-state index contributed by atoms with van der Waals surface area (Å²) in [4.78, 5) is 22.7. The molecule has 18 rings (SSSR count). The number of hydrogen-bond acceptors (Lipinski definition) is 11. The van der Waals surface area contributed by atoms with Crippen LogP contribution in [-0.2, 0) is 0 Å². The van der Waals surface area contributed by atoms with Gasteiger partial charge < -0.3 is 49.8 Å². The van der Waals surface area contributed by atoms with E-state index >= 15 is 0 Å². The molecule has 16 bridgehead atoms. The summed E-state index contributed by atoms with van der Waals surface area (Å²) >= 11 is 0. The fourth-order valence-corrected chi connectivity index (χ4v) is 20.1. The third kappa shape index (κ3) is 16.1. The second-order valence-electron chi connectivity index (χ2n) is 30.5. The molecule has 0 radical (unpaired) electrons. The molecule has 0 aromatic carbocycles. The molecule has 14 heterocycles. The SMILES string of the molecule is CN1C2CCC1CC2.CN1C2CCC1CNC2.CN1C2CCCC1CC2.CN1C2CCCC1CCC2.CN1CC2CCC(C1)N2.CN1CC2CCC1C2.CN1CC2CCCC2C1.CN1C[C@H]2CC[C@@H]1C2.CN1C[C@H]2CC[C@@H]1C2. The van der Waals surface area contributed by atoms with Crippen molar-refractivity contribution in [2.75, 3.05) is 122 Å². The second kappa shape index (κ2) is 29.1. The Bertz CT molecular complexity index is 1560. The van der Waals surface area contributed by atoms with Crippen molar-refractivity contribution in [3.05, 3.63) is 0 Å². The average Bonchev–Trinajstić information content (AvgIpc) is 4.27. The highest BCUT2D eigenvalue weighted by Gasteiger charge is 2.40. The van der Waals surface area contributed by atoms with Gasteiger partial charge in [-0.15, -0.1) is 0 Å². The lowest BCUT2D eigenvalue weighted by Gasteiger charge is -2.43. The predicted octanol–water partition coefficient (Wildman–Crippen LogP) is 9.65. The van der Waals surface area contributed by atoms with Crippen molar-refractivity contribution in [1.29, 1.82) is 0 Å². The summed E-state index contributed by atoms with van der Waals surface area (Å²) in [5, 5.41) is 7.01. The molecule has 11 heteroatoms. The van der Waals surface area contributed by atoms with Crippen molar-refractivity contribution < 1.29 is 0 Å². The Balaban J connectivity index is 0.0000000993. The number of piperidine rings is 6. The summed E-state index contributed by atoms with van der Waals surface area (Å²) in [6.45, 7) is 11.8. The number of hydrogen-bond donors (Lipinski definition) is 2. The van der Waals surface area contributed by atoms with Crippen LogP contribution >= 0.6 is 0 Å². The van der Waals surface area contributed by atoms with Crippen LogP contribution < -0.4 is 10.6 Å². The van der Waals surface area contributed by atoms with Crippen LogP contribution in [0.3, 0.4) is 0 Å². The van der Waals surface area contributed by atoms with Gasteiger partial charge in [0.05, 0.1) is 0 Å². The smallest absolute Gasteiger partial charge is 0.0221 e. The predicted molar refractivity (Wildman–Crippen MR) is 330 cm³/mol. The van der Waals surface area contributed by atoms with Gasteiger partial charge in [0.25, 0.3) is 0 Å². The lowest BCUT2D eigenvalue weighted by atomic mass is 9.85. The van der Waals surface area contributed by atoms with Gasteiger partial charge in [-0.2, -0.15) is 0 Å². The summed E-state index contributed by atoms with van der Waals surface area (Å²) in [6, 6.07) is 12.0. The van der Waals surface area contributed by atoms with Crippen molar-refractivity contribution in [3.8, 4) is 0 Å². The first-order valence-corrected chi connectivity index (χ1v) is 34.6. The van der Waals surface area contributed by atoms with E-state index in [0.717, 1.165) is 108 Å². The number of likely N-dealkylation sites (N-methyl/N-ethyl adjacent to an activating group) is 2. The molecule has 0 aromatic heterocycles. The van der Waals surface area contributed by atoms with Gasteiger partial charge in [-0.3, -0.25) is 4.90 Å². The molecule has 18 fully saturated rings.